The number of sulfonamides is 1. The number of ether oxygens (including phenoxy) is 1. The first-order valence-corrected chi connectivity index (χ1v) is 11.2. The van der Waals surface area contributed by atoms with Gasteiger partial charge in [-0.25, -0.2) is 22.6 Å². The maximum atomic E-state index is 13.1. The molecule has 1 aromatic heterocycles. The highest BCUT2D eigenvalue weighted by Gasteiger charge is 2.17. The first-order chi connectivity index (χ1) is 15.7. The Kier molecular flexibility index (Phi) is 7.28. The number of fused-ring (bicyclic) bond motifs is 1. The summed E-state index contributed by atoms with van der Waals surface area (Å²) in [6.07, 6.45) is 0.989. The van der Waals surface area contributed by atoms with Crippen LogP contribution in [0.5, 0.6) is 0 Å². The number of amides is 1. The molecule has 0 bridgehead atoms. The van der Waals surface area contributed by atoms with Crippen LogP contribution >= 0.6 is 0 Å². The SMILES string of the molecule is C=CCOC(=O)NCCc1nc2cc(NS(=O)(=O)c3ccc(F)cc3)ccc2n1CC(=O)O. The number of rotatable bonds is 10. The minimum atomic E-state index is -3.97. The van der Waals surface area contributed by atoms with Gasteiger partial charge in [0.25, 0.3) is 10.0 Å². The van der Waals surface area contributed by atoms with Gasteiger partial charge in [-0.05, 0) is 42.5 Å². The Bertz CT molecular complexity index is 1290. The second-order valence-electron chi connectivity index (χ2n) is 6.83. The van der Waals surface area contributed by atoms with Gasteiger partial charge in [0.15, 0.2) is 0 Å². The van der Waals surface area contributed by atoms with Gasteiger partial charge < -0.3 is 19.7 Å². The van der Waals surface area contributed by atoms with Gasteiger partial charge in [0, 0.05) is 13.0 Å². The van der Waals surface area contributed by atoms with Crippen LogP contribution in [0.2, 0.25) is 0 Å². The quantitative estimate of drug-likeness (QED) is 0.382. The van der Waals surface area contributed by atoms with Crippen molar-refractivity contribution < 1.29 is 32.2 Å². The third-order valence-electron chi connectivity index (χ3n) is 4.45. The second kappa shape index (κ2) is 10.1. The molecular weight excluding hydrogens is 455 g/mol. The summed E-state index contributed by atoms with van der Waals surface area (Å²) >= 11 is 0. The van der Waals surface area contributed by atoms with E-state index in [2.05, 4.69) is 21.6 Å². The molecule has 3 aromatic rings. The molecule has 10 nitrogen and oxygen atoms in total. The summed E-state index contributed by atoms with van der Waals surface area (Å²) in [5.74, 6) is -1.26. The van der Waals surface area contributed by atoms with Gasteiger partial charge in [-0.3, -0.25) is 9.52 Å². The molecule has 0 atom stereocenters. The lowest BCUT2D eigenvalue weighted by atomic mass is 10.3. The zero-order chi connectivity index (χ0) is 24.0. The molecule has 174 valence electrons. The molecule has 3 rings (SSSR count). The Morgan fingerprint density at radius 3 is 2.61 bits per heavy atom. The smallest absolute Gasteiger partial charge is 0.407 e. The number of aromatic nitrogens is 2. The summed E-state index contributed by atoms with van der Waals surface area (Å²) in [5.41, 5.74) is 1.04. The number of aliphatic carboxylic acids is 1. The molecular formula is C21H21FN4O6S. The second-order valence-corrected chi connectivity index (χ2v) is 8.52. The monoisotopic (exact) mass is 476 g/mol. The summed E-state index contributed by atoms with van der Waals surface area (Å²) in [7, 11) is -3.97. The Balaban J connectivity index is 1.83. The van der Waals surface area contributed by atoms with Crippen molar-refractivity contribution in [3.8, 4) is 0 Å². The number of benzene rings is 2. The molecule has 0 aliphatic heterocycles. The topological polar surface area (TPSA) is 140 Å². The number of nitrogens with zero attached hydrogens (tertiary/aromatic N) is 2. The van der Waals surface area contributed by atoms with Gasteiger partial charge in [0.1, 0.15) is 24.8 Å². The molecule has 0 spiro atoms. The van der Waals surface area contributed by atoms with Crippen molar-refractivity contribution in [2.45, 2.75) is 17.9 Å². The van der Waals surface area contributed by atoms with Crippen LogP contribution in [0.3, 0.4) is 0 Å². The lowest BCUT2D eigenvalue weighted by Gasteiger charge is -2.09. The molecule has 0 aliphatic carbocycles. The lowest BCUT2D eigenvalue weighted by molar-refractivity contribution is -0.137. The first-order valence-electron chi connectivity index (χ1n) is 9.70. The van der Waals surface area contributed by atoms with Crippen LogP contribution in [0.25, 0.3) is 11.0 Å². The van der Waals surface area contributed by atoms with Crippen molar-refractivity contribution in [2.75, 3.05) is 17.9 Å². The van der Waals surface area contributed by atoms with Crippen molar-refractivity contribution in [3.63, 3.8) is 0 Å². The van der Waals surface area contributed by atoms with E-state index in [4.69, 9.17) is 4.74 Å². The molecule has 0 unspecified atom stereocenters. The third-order valence-corrected chi connectivity index (χ3v) is 5.84. The van der Waals surface area contributed by atoms with E-state index in [-0.39, 0.29) is 36.7 Å². The lowest BCUT2D eigenvalue weighted by Crippen LogP contribution is -2.27. The molecule has 3 N–H and O–H groups in total. The normalized spacial score (nSPS) is 11.2. The van der Waals surface area contributed by atoms with E-state index >= 15 is 0 Å². The average molecular weight is 476 g/mol. The number of carbonyl (C=O) groups is 2. The van der Waals surface area contributed by atoms with E-state index in [1.165, 1.54) is 22.8 Å². The van der Waals surface area contributed by atoms with Crippen LogP contribution in [0.15, 0.2) is 60.0 Å². The highest BCUT2D eigenvalue weighted by atomic mass is 32.2. The number of nitrogens with one attached hydrogen (secondary N) is 2. The molecule has 0 radical (unpaired) electrons. The highest BCUT2D eigenvalue weighted by molar-refractivity contribution is 7.92. The van der Waals surface area contributed by atoms with E-state index in [1.807, 2.05) is 0 Å². The highest BCUT2D eigenvalue weighted by Crippen LogP contribution is 2.23. The van der Waals surface area contributed by atoms with Crippen molar-refractivity contribution in [1.29, 1.82) is 0 Å². The molecule has 0 saturated heterocycles. The number of imidazole rings is 1. The number of alkyl carbamates (subject to hydrolysis) is 1. The average Bonchev–Trinajstić information content (AvgIpc) is 3.08. The summed E-state index contributed by atoms with van der Waals surface area (Å²) in [4.78, 5) is 27.2. The van der Waals surface area contributed by atoms with Crippen LogP contribution in [-0.2, 0) is 32.5 Å². The van der Waals surface area contributed by atoms with Crippen LogP contribution < -0.4 is 10.0 Å². The predicted molar refractivity (Wildman–Crippen MR) is 118 cm³/mol. The fourth-order valence-corrected chi connectivity index (χ4v) is 4.09. The Morgan fingerprint density at radius 1 is 1.21 bits per heavy atom. The number of hydrogen-bond acceptors (Lipinski definition) is 6. The van der Waals surface area contributed by atoms with Crippen molar-refractivity contribution in [2.24, 2.45) is 0 Å². The van der Waals surface area contributed by atoms with E-state index in [0.29, 0.717) is 16.9 Å². The summed E-state index contributed by atoms with van der Waals surface area (Å²) in [5, 5.41) is 11.8. The van der Waals surface area contributed by atoms with Crippen LogP contribution in [0.1, 0.15) is 5.82 Å². The molecule has 33 heavy (non-hydrogen) atoms. The van der Waals surface area contributed by atoms with Crippen LogP contribution in [-0.4, -0.2) is 48.3 Å². The van der Waals surface area contributed by atoms with E-state index in [0.717, 1.165) is 24.3 Å². The molecule has 1 amide bonds. The van der Waals surface area contributed by atoms with Crippen LogP contribution in [0.4, 0.5) is 14.9 Å². The van der Waals surface area contributed by atoms with Crippen molar-refractivity contribution in [1.82, 2.24) is 14.9 Å². The number of carboxylic acid groups (broad SMARTS) is 1. The summed E-state index contributed by atoms with van der Waals surface area (Å²) < 4.78 is 46.9. The van der Waals surface area contributed by atoms with Crippen molar-refractivity contribution >= 4 is 38.8 Å². The maximum absolute atomic E-state index is 13.1. The Morgan fingerprint density at radius 2 is 1.94 bits per heavy atom. The van der Waals surface area contributed by atoms with E-state index in [9.17, 15) is 27.5 Å². The first kappa shape index (κ1) is 23.7. The number of carbonyl (C=O) groups excluding carboxylic acids is 1. The minimum absolute atomic E-state index is 0.0555. The molecule has 0 saturated carbocycles. The zero-order valence-electron chi connectivity index (χ0n) is 17.3. The number of hydrogen-bond donors (Lipinski definition) is 3. The van der Waals surface area contributed by atoms with Crippen LogP contribution in [0, 0.1) is 5.82 Å². The Labute approximate surface area is 188 Å². The standard InChI is InChI=1S/C21H21FN4O6S/c1-2-11-32-21(29)23-10-9-19-24-17-12-15(5-8-18(17)26(19)13-20(27)28)25-33(30,31)16-6-3-14(22)4-7-16/h2-8,12,25H,1,9-11,13H2,(H,23,29)(H,27,28). The van der Waals surface area contributed by atoms with Gasteiger partial charge in [-0.1, -0.05) is 12.7 Å². The third kappa shape index (κ3) is 6.07. The maximum Gasteiger partial charge on any atom is 0.407 e. The molecule has 0 fully saturated rings. The van der Waals surface area contributed by atoms with Gasteiger partial charge in [0.2, 0.25) is 0 Å². The van der Waals surface area contributed by atoms with Gasteiger partial charge in [-0.15, -0.1) is 0 Å². The van der Waals surface area contributed by atoms with E-state index in [1.54, 1.807) is 6.07 Å². The molecule has 1 heterocycles. The van der Waals surface area contributed by atoms with E-state index < -0.39 is 27.9 Å². The molecule has 0 aliphatic rings. The number of carboxylic acids is 1. The molecule has 2 aromatic carbocycles. The van der Waals surface area contributed by atoms with Gasteiger partial charge >= 0.3 is 12.1 Å². The zero-order valence-corrected chi connectivity index (χ0v) is 18.1. The number of halogens is 1. The Hall–Kier alpha value is -3.93. The summed E-state index contributed by atoms with van der Waals surface area (Å²) in [6.45, 7) is 3.27. The van der Waals surface area contributed by atoms with Crippen molar-refractivity contribution in [3.05, 3.63) is 66.8 Å². The predicted octanol–water partition coefficient (Wildman–Crippen LogP) is 2.52. The molecule has 12 heteroatoms. The largest absolute Gasteiger partial charge is 0.480 e. The number of anilines is 1. The fourth-order valence-electron chi connectivity index (χ4n) is 3.04. The minimum Gasteiger partial charge on any atom is -0.480 e. The van der Waals surface area contributed by atoms with Gasteiger partial charge in [-0.2, -0.15) is 0 Å². The summed E-state index contributed by atoms with van der Waals surface area (Å²) in [6, 6.07) is 8.84. The fraction of sp³-hybridized carbons (Fsp3) is 0.190. The van der Waals surface area contributed by atoms with Gasteiger partial charge in [0.05, 0.1) is 21.6 Å².